The first-order valence-corrected chi connectivity index (χ1v) is 12.2. The van der Waals surface area contributed by atoms with Crippen molar-refractivity contribution in [3.05, 3.63) is 93.5 Å². The van der Waals surface area contributed by atoms with Crippen LogP contribution >= 0.6 is 23.2 Å². The van der Waals surface area contributed by atoms with Crippen LogP contribution in [-0.4, -0.2) is 48.5 Å². The lowest BCUT2D eigenvalue weighted by molar-refractivity contribution is 0.0628. The summed E-state index contributed by atoms with van der Waals surface area (Å²) in [6.07, 6.45) is 0. The van der Waals surface area contributed by atoms with E-state index in [-0.39, 0.29) is 5.91 Å². The largest absolute Gasteiger partial charge is 0.494 e. The average Bonchev–Trinajstić information content (AvgIpc) is 2.86. The third-order valence-corrected chi connectivity index (χ3v) is 6.50. The predicted octanol–water partition coefficient (Wildman–Crippen LogP) is 5.93. The van der Waals surface area contributed by atoms with Crippen LogP contribution in [0.3, 0.4) is 0 Å². The third-order valence-electron chi connectivity index (χ3n) is 5.76. The Morgan fingerprint density at radius 3 is 2.21 bits per heavy atom. The molecule has 34 heavy (non-hydrogen) atoms. The minimum Gasteiger partial charge on any atom is -0.494 e. The number of rotatable bonds is 8. The van der Waals surface area contributed by atoms with Crippen molar-refractivity contribution in [2.24, 2.45) is 0 Å². The van der Waals surface area contributed by atoms with Gasteiger partial charge >= 0.3 is 0 Å². The standard InChI is InChI=1S/C27H28Cl2N2O3/c1-2-33-23-7-9-24(10-8-23)34-19-21-4-3-5-22(16-21)27(32)31-14-12-30(13-15-31)18-20-6-11-25(28)26(29)17-20/h3-11,16-17H,2,12-15,18-19H2,1H3. The van der Waals surface area contributed by atoms with E-state index >= 15 is 0 Å². The van der Waals surface area contributed by atoms with Gasteiger partial charge in [0.1, 0.15) is 18.1 Å². The van der Waals surface area contributed by atoms with Crippen LogP contribution in [-0.2, 0) is 13.2 Å². The Hall–Kier alpha value is -2.73. The molecular formula is C27H28Cl2N2O3. The number of halogens is 2. The van der Waals surface area contributed by atoms with Crippen molar-refractivity contribution in [2.75, 3.05) is 32.8 Å². The van der Waals surface area contributed by atoms with Gasteiger partial charge in [0.2, 0.25) is 0 Å². The topological polar surface area (TPSA) is 42.0 Å². The van der Waals surface area contributed by atoms with E-state index in [1.165, 1.54) is 0 Å². The SMILES string of the molecule is CCOc1ccc(OCc2cccc(C(=O)N3CCN(Cc4ccc(Cl)c(Cl)c4)CC3)c2)cc1. The van der Waals surface area contributed by atoms with Crippen molar-refractivity contribution >= 4 is 29.1 Å². The van der Waals surface area contributed by atoms with Crippen LogP contribution in [0.1, 0.15) is 28.4 Å². The molecule has 1 fully saturated rings. The molecule has 1 saturated heterocycles. The van der Waals surface area contributed by atoms with E-state index in [4.69, 9.17) is 32.7 Å². The average molecular weight is 499 g/mol. The summed E-state index contributed by atoms with van der Waals surface area (Å²) < 4.78 is 11.3. The van der Waals surface area contributed by atoms with Crippen molar-refractivity contribution in [2.45, 2.75) is 20.1 Å². The zero-order chi connectivity index (χ0) is 23.9. The van der Waals surface area contributed by atoms with Crippen LogP contribution < -0.4 is 9.47 Å². The van der Waals surface area contributed by atoms with Gasteiger partial charge in [0.25, 0.3) is 5.91 Å². The quantitative estimate of drug-likeness (QED) is 0.386. The van der Waals surface area contributed by atoms with Gasteiger partial charge in [-0.3, -0.25) is 9.69 Å². The number of piperazine rings is 1. The van der Waals surface area contributed by atoms with E-state index < -0.39 is 0 Å². The van der Waals surface area contributed by atoms with E-state index in [0.29, 0.717) is 41.9 Å². The molecule has 4 rings (SSSR count). The zero-order valence-electron chi connectivity index (χ0n) is 19.2. The number of ether oxygens (including phenoxy) is 2. The van der Waals surface area contributed by atoms with E-state index in [9.17, 15) is 4.79 Å². The summed E-state index contributed by atoms with van der Waals surface area (Å²) in [6, 6.07) is 20.9. The number of hydrogen-bond acceptors (Lipinski definition) is 4. The van der Waals surface area contributed by atoms with Crippen LogP contribution in [0, 0.1) is 0 Å². The molecule has 0 unspecified atom stereocenters. The van der Waals surface area contributed by atoms with Crippen molar-refractivity contribution < 1.29 is 14.3 Å². The predicted molar refractivity (Wildman–Crippen MR) is 136 cm³/mol. The molecule has 1 heterocycles. The normalized spacial score (nSPS) is 14.1. The van der Waals surface area contributed by atoms with E-state index in [2.05, 4.69) is 4.90 Å². The molecule has 0 radical (unpaired) electrons. The van der Waals surface area contributed by atoms with Crippen molar-refractivity contribution in [1.82, 2.24) is 9.80 Å². The smallest absolute Gasteiger partial charge is 0.253 e. The molecule has 0 saturated carbocycles. The second kappa shape index (κ2) is 11.6. The number of hydrogen-bond donors (Lipinski definition) is 0. The number of benzene rings is 3. The second-order valence-electron chi connectivity index (χ2n) is 8.21. The molecule has 0 aliphatic carbocycles. The lowest BCUT2D eigenvalue weighted by Crippen LogP contribution is -2.48. The summed E-state index contributed by atoms with van der Waals surface area (Å²) in [5, 5.41) is 1.13. The first kappa shape index (κ1) is 24.4. The Morgan fingerprint density at radius 2 is 1.53 bits per heavy atom. The fraction of sp³-hybridized carbons (Fsp3) is 0.296. The molecule has 0 atom stereocenters. The minimum atomic E-state index is 0.0529. The van der Waals surface area contributed by atoms with Gasteiger partial charge < -0.3 is 14.4 Å². The van der Waals surface area contributed by atoms with E-state index in [1.54, 1.807) is 0 Å². The van der Waals surface area contributed by atoms with Gasteiger partial charge in [0.15, 0.2) is 0 Å². The fourth-order valence-electron chi connectivity index (χ4n) is 3.95. The van der Waals surface area contributed by atoms with E-state index in [0.717, 1.165) is 42.3 Å². The van der Waals surface area contributed by atoms with Gasteiger partial charge in [0.05, 0.1) is 16.7 Å². The third kappa shape index (κ3) is 6.44. The maximum atomic E-state index is 13.1. The Kier molecular flexibility index (Phi) is 8.33. The van der Waals surface area contributed by atoms with Gasteiger partial charge in [-0.15, -0.1) is 0 Å². The van der Waals surface area contributed by atoms with Gasteiger partial charge in [-0.25, -0.2) is 0 Å². The van der Waals surface area contributed by atoms with Crippen LogP contribution in [0.4, 0.5) is 0 Å². The summed E-state index contributed by atoms with van der Waals surface area (Å²) in [4.78, 5) is 17.3. The molecule has 7 heteroatoms. The maximum absolute atomic E-state index is 13.1. The Labute approximate surface area is 210 Å². The highest BCUT2D eigenvalue weighted by Gasteiger charge is 2.22. The summed E-state index contributed by atoms with van der Waals surface area (Å²) in [5.74, 6) is 1.63. The van der Waals surface area contributed by atoms with Crippen LogP contribution in [0.15, 0.2) is 66.7 Å². The zero-order valence-corrected chi connectivity index (χ0v) is 20.7. The number of amides is 1. The van der Waals surface area contributed by atoms with Crippen LogP contribution in [0.25, 0.3) is 0 Å². The summed E-state index contributed by atoms with van der Waals surface area (Å²) in [6.45, 7) is 6.77. The minimum absolute atomic E-state index is 0.0529. The van der Waals surface area contributed by atoms with Crippen LogP contribution in [0.5, 0.6) is 11.5 Å². The van der Waals surface area contributed by atoms with Gasteiger partial charge in [-0.1, -0.05) is 41.4 Å². The molecule has 1 amide bonds. The summed E-state index contributed by atoms with van der Waals surface area (Å²) in [7, 11) is 0. The molecule has 0 N–H and O–H groups in total. The number of nitrogens with zero attached hydrogens (tertiary/aromatic N) is 2. The van der Waals surface area contributed by atoms with E-state index in [1.807, 2.05) is 78.6 Å². The highest BCUT2D eigenvalue weighted by molar-refractivity contribution is 6.42. The molecule has 0 aromatic heterocycles. The summed E-state index contributed by atoms with van der Waals surface area (Å²) in [5.41, 5.74) is 2.76. The van der Waals surface area contributed by atoms with Gasteiger partial charge in [-0.2, -0.15) is 0 Å². The maximum Gasteiger partial charge on any atom is 0.253 e. The highest BCUT2D eigenvalue weighted by atomic mass is 35.5. The highest BCUT2D eigenvalue weighted by Crippen LogP contribution is 2.24. The number of carbonyl (C=O) groups is 1. The van der Waals surface area contributed by atoms with Crippen molar-refractivity contribution in [1.29, 1.82) is 0 Å². The monoisotopic (exact) mass is 498 g/mol. The van der Waals surface area contributed by atoms with Gasteiger partial charge in [0, 0.05) is 38.3 Å². The summed E-state index contributed by atoms with van der Waals surface area (Å²) >= 11 is 12.1. The first-order chi connectivity index (χ1) is 16.5. The lowest BCUT2D eigenvalue weighted by Gasteiger charge is -2.35. The Bertz CT molecular complexity index is 1110. The Morgan fingerprint density at radius 1 is 0.824 bits per heavy atom. The van der Waals surface area contributed by atoms with Crippen molar-refractivity contribution in [3.8, 4) is 11.5 Å². The van der Waals surface area contributed by atoms with Crippen LogP contribution in [0.2, 0.25) is 10.0 Å². The molecule has 5 nitrogen and oxygen atoms in total. The molecule has 3 aromatic rings. The molecule has 3 aromatic carbocycles. The first-order valence-electron chi connectivity index (χ1n) is 11.4. The van der Waals surface area contributed by atoms with Crippen molar-refractivity contribution in [3.63, 3.8) is 0 Å². The fourth-order valence-corrected chi connectivity index (χ4v) is 4.27. The lowest BCUT2D eigenvalue weighted by atomic mass is 10.1. The molecule has 1 aliphatic rings. The number of carbonyl (C=O) groups excluding carboxylic acids is 1. The molecule has 178 valence electrons. The molecular weight excluding hydrogens is 471 g/mol. The Balaban J connectivity index is 1.29. The second-order valence-corrected chi connectivity index (χ2v) is 9.02. The molecule has 0 bridgehead atoms. The molecule has 1 aliphatic heterocycles. The molecule has 0 spiro atoms. The van der Waals surface area contributed by atoms with Gasteiger partial charge in [-0.05, 0) is 66.6 Å².